The molecule has 1 aliphatic carbocycles. The van der Waals surface area contributed by atoms with E-state index in [-0.39, 0.29) is 5.91 Å². The molecule has 4 heteroatoms. The number of piperidine rings is 1. The topological polar surface area (TPSA) is 45.5 Å². The van der Waals surface area contributed by atoms with Gasteiger partial charge < -0.3 is 15.0 Å². The summed E-state index contributed by atoms with van der Waals surface area (Å²) >= 11 is 0. The van der Waals surface area contributed by atoms with E-state index in [4.69, 9.17) is 6.42 Å². The number of pyridine rings is 1. The molecule has 1 amide bonds. The van der Waals surface area contributed by atoms with E-state index in [1.807, 2.05) is 35.0 Å². The zero-order chi connectivity index (χ0) is 14.4. The van der Waals surface area contributed by atoms with Gasteiger partial charge in [0.1, 0.15) is 0 Å². The number of amides is 1. The first kappa shape index (κ1) is 12.5. The van der Waals surface area contributed by atoms with Gasteiger partial charge in [-0.25, -0.2) is 0 Å². The normalized spacial score (nSPS) is 26.9. The van der Waals surface area contributed by atoms with Crippen LogP contribution >= 0.6 is 0 Å². The minimum atomic E-state index is -0.000721. The maximum atomic E-state index is 12.4. The molecule has 2 N–H and O–H groups in total. The highest BCUT2D eigenvalue weighted by Crippen LogP contribution is 2.31. The van der Waals surface area contributed by atoms with Crippen molar-refractivity contribution in [2.24, 2.45) is 5.92 Å². The SMILES string of the molecule is C#Cc1ccn2ccc(C(=O)NC3CC4CC3CN4)cc12. The second kappa shape index (κ2) is 4.64. The van der Waals surface area contributed by atoms with Crippen molar-refractivity contribution in [3.05, 3.63) is 41.7 Å². The van der Waals surface area contributed by atoms with Crippen molar-refractivity contribution in [3.63, 3.8) is 0 Å². The molecule has 2 aliphatic rings. The summed E-state index contributed by atoms with van der Waals surface area (Å²) in [5.41, 5.74) is 2.39. The van der Waals surface area contributed by atoms with Crippen LogP contribution in [0.15, 0.2) is 30.6 Å². The van der Waals surface area contributed by atoms with E-state index in [0.29, 0.717) is 23.6 Å². The van der Waals surface area contributed by atoms with Crippen molar-refractivity contribution in [1.29, 1.82) is 0 Å². The highest BCUT2D eigenvalue weighted by Gasteiger charge is 2.40. The van der Waals surface area contributed by atoms with Crippen LogP contribution in [0.3, 0.4) is 0 Å². The quantitative estimate of drug-likeness (QED) is 0.816. The predicted octanol–water partition coefficient (Wildman–Crippen LogP) is 1.40. The molecule has 4 nitrogen and oxygen atoms in total. The summed E-state index contributed by atoms with van der Waals surface area (Å²) in [6, 6.07) is 6.49. The van der Waals surface area contributed by atoms with Gasteiger partial charge in [0.15, 0.2) is 0 Å². The van der Waals surface area contributed by atoms with E-state index in [1.54, 1.807) is 0 Å². The summed E-state index contributed by atoms with van der Waals surface area (Å²) < 4.78 is 1.94. The van der Waals surface area contributed by atoms with Gasteiger partial charge in [-0.05, 0) is 37.0 Å². The van der Waals surface area contributed by atoms with Gasteiger partial charge in [-0.2, -0.15) is 0 Å². The van der Waals surface area contributed by atoms with Crippen LogP contribution in [0.1, 0.15) is 28.8 Å². The zero-order valence-corrected chi connectivity index (χ0v) is 11.7. The highest BCUT2D eigenvalue weighted by molar-refractivity contribution is 5.95. The molecule has 2 aromatic heterocycles. The highest BCUT2D eigenvalue weighted by atomic mass is 16.1. The molecule has 1 aliphatic heterocycles. The molecular weight excluding hydrogens is 262 g/mol. The number of fused-ring (bicyclic) bond motifs is 3. The number of aromatic nitrogens is 1. The number of nitrogens with zero attached hydrogens (tertiary/aromatic N) is 1. The number of hydrogen-bond acceptors (Lipinski definition) is 2. The number of nitrogens with one attached hydrogen (secondary N) is 2. The lowest BCUT2D eigenvalue weighted by molar-refractivity contribution is 0.0925. The van der Waals surface area contributed by atoms with Gasteiger partial charge in [0.25, 0.3) is 5.91 Å². The first-order valence-corrected chi connectivity index (χ1v) is 7.36. The van der Waals surface area contributed by atoms with E-state index < -0.39 is 0 Å². The van der Waals surface area contributed by atoms with Gasteiger partial charge in [0, 0.05) is 42.1 Å². The zero-order valence-electron chi connectivity index (χ0n) is 11.7. The van der Waals surface area contributed by atoms with E-state index in [9.17, 15) is 4.79 Å². The van der Waals surface area contributed by atoms with Crippen LogP contribution in [0.5, 0.6) is 0 Å². The smallest absolute Gasteiger partial charge is 0.251 e. The van der Waals surface area contributed by atoms with Crippen molar-refractivity contribution in [2.75, 3.05) is 6.54 Å². The molecule has 3 atom stereocenters. The number of terminal acetylenes is 1. The maximum Gasteiger partial charge on any atom is 0.251 e. The molecule has 0 spiro atoms. The Kier molecular flexibility index (Phi) is 2.76. The molecule has 21 heavy (non-hydrogen) atoms. The average Bonchev–Trinajstić information content (AvgIpc) is 3.21. The van der Waals surface area contributed by atoms with Gasteiger partial charge in [0.05, 0.1) is 5.52 Å². The Labute approximate surface area is 123 Å². The van der Waals surface area contributed by atoms with Crippen LogP contribution in [-0.2, 0) is 0 Å². The van der Waals surface area contributed by atoms with Crippen molar-refractivity contribution < 1.29 is 4.79 Å². The Morgan fingerprint density at radius 3 is 2.95 bits per heavy atom. The molecule has 4 rings (SSSR count). The van der Waals surface area contributed by atoms with Crippen LogP contribution in [-0.4, -0.2) is 28.9 Å². The minimum absolute atomic E-state index is 0.000721. The fourth-order valence-corrected chi connectivity index (χ4v) is 3.62. The minimum Gasteiger partial charge on any atom is -0.349 e. The summed E-state index contributed by atoms with van der Waals surface area (Å²) in [7, 11) is 0. The summed E-state index contributed by atoms with van der Waals surface area (Å²) in [6.45, 7) is 1.02. The molecule has 106 valence electrons. The first-order chi connectivity index (χ1) is 10.2. The molecular formula is C17H17N3O. The fraction of sp³-hybridized carbons (Fsp3) is 0.353. The van der Waals surface area contributed by atoms with Crippen molar-refractivity contribution >= 4 is 11.4 Å². The van der Waals surface area contributed by atoms with Gasteiger partial charge in [-0.1, -0.05) is 5.92 Å². The lowest BCUT2D eigenvalue weighted by Gasteiger charge is -2.23. The summed E-state index contributed by atoms with van der Waals surface area (Å²) in [5.74, 6) is 3.23. The predicted molar refractivity (Wildman–Crippen MR) is 81.1 cm³/mol. The van der Waals surface area contributed by atoms with E-state index >= 15 is 0 Å². The Morgan fingerprint density at radius 1 is 1.38 bits per heavy atom. The molecule has 0 aromatic carbocycles. The number of carbonyl (C=O) groups is 1. The number of carbonyl (C=O) groups excluding carboxylic acids is 1. The standard InChI is InChI=1S/C17H17N3O/c1-2-11-3-5-20-6-4-12(8-16(11)20)17(21)19-15-9-14-7-13(15)10-18-14/h1,3-6,8,13-15,18H,7,9-10H2,(H,19,21). The second-order valence-electron chi connectivity index (χ2n) is 6.00. The molecule has 3 unspecified atom stereocenters. The molecule has 2 aromatic rings. The van der Waals surface area contributed by atoms with Crippen molar-refractivity contribution in [3.8, 4) is 12.3 Å². The summed E-state index contributed by atoms with van der Waals surface area (Å²) in [6.07, 6.45) is 11.5. The number of rotatable bonds is 2. The Bertz CT molecular complexity index is 755. The third kappa shape index (κ3) is 2.01. The van der Waals surface area contributed by atoms with Crippen LogP contribution in [0.25, 0.3) is 5.52 Å². The Balaban J connectivity index is 1.58. The van der Waals surface area contributed by atoms with Crippen LogP contribution in [0, 0.1) is 18.3 Å². The van der Waals surface area contributed by atoms with Gasteiger partial charge in [-0.15, -0.1) is 6.42 Å². The lowest BCUT2D eigenvalue weighted by Crippen LogP contribution is -2.44. The molecule has 2 bridgehead atoms. The van der Waals surface area contributed by atoms with Gasteiger partial charge >= 0.3 is 0 Å². The van der Waals surface area contributed by atoms with Crippen LogP contribution < -0.4 is 10.6 Å². The van der Waals surface area contributed by atoms with Crippen LogP contribution in [0.2, 0.25) is 0 Å². The monoisotopic (exact) mass is 279 g/mol. The van der Waals surface area contributed by atoms with Crippen molar-refractivity contribution in [1.82, 2.24) is 15.0 Å². The van der Waals surface area contributed by atoms with Crippen molar-refractivity contribution in [2.45, 2.75) is 24.9 Å². The van der Waals surface area contributed by atoms with E-state index in [2.05, 4.69) is 16.6 Å². The summed E-state index contributed by atoms with van der Waals surface area (Å²) in [4.78, 5) is 12.4. The molecule has 2 fully saturated rings. The summed E-state index contributed by atoms with van der Waals surface area (Å²) in [5, 5.41) is 6.64. The average molecular weight is 279 g/mol. The lowest BCUT2D eigenvalue weighted by atomic mass is 10.0. The molecule has 3 heterocycles. The Morgan fingerprint density at radius 2 is 2.24 bits per heavy atom. The Hall–Kier alpha value is -2.25. The van der Waals surface area contributed by atoms with Gasteiger partial charge in [-0.3, -0.25) is 4.79 Å². The molecule has 1 saturated carbocycles. The second-order valence-corrected chi connectivity index (χ2v) is 6.00. The maximum absolute atomic E-state index is 12.4. The van der Waals surface area contributed by atoms with Gasteiger partial charge in [0.2, 0.25) is 0 Å². The third-order valence-corrected chi connectivity index (χ3v) is 4.76. The van der Waals surface area contributed by atoms with Crippen LogP contribution in [0.4, 0.5) is 0 Å². The molecule has 1 saturated heterocycles. The molecule has 0 radical (unpaired) electrons. The number of hydrogen-bond donors (Lipinski definition) is 2. The third-order valence-electron chi connectivity index (χ3n) is 4.76. The van der Waals surface area contributed by atoms with E-state index in [1.165, 1.54) is 6.42 Å². The largest absolute Gasteiger partial charge is 0.349 e. The van der Waals surface area contributed by atoms with E-state index in [0.717, 1.165) is 24.0 Å². The first-order valence-electron chi connectivity index (χ1n) is 7.36. The fourth-order valence-electron chi connectivity index (χ4n) is 3.62.